The van der Waals surface area contributed by atoms with E-state index in [2.05, 4.69) is 12.1 Å². The Morgan fingerprint density at radius 2 is 2.00 bits per heavy atom. The fourth-order valence-corrected chi connectivity index (χ4v) is 1.72. The molecule has 0 saturated carbocycles. The summed E-state index contributed by atoms with van der Waals surface area (Å²) in [5.41, 5.74) is 1.25. The van der Waals surface area contributed by atoms with Crippen LogP contribution in [0.25, 0.3) is 0 Å². The van der Waals surface area contributed by atoms with E-state index in [0.29, 0.717) is 6.54 Å². The summed E-state index contributed by atoms with van der Waals surface area (Å²) in [7, 11) is 0. The molecule has 1 aromatic carbocycles. The van der Waals surface area contributed by atoms with Gasteiger partial charge in [-0.3, -0.25) is 4.79 Å². The van der Waals surface area contributed by atoms with Gasteiger partial charge in [-0.25, -0.2) is 0 Å². The second-order valence-electron chi connectivity index (χ2n) is 3.77. The average molecular weight is 240 g/mol. The molecule has 0 bridgehead atoms. The van der Waals surface area contributed by atoms with E-state index in [-0.39, 0.29) is 5.91 Å². The maximum absolute atomic E-state index is 11.7. The fourth-order valence-electron chi connectivity index (χ4n) is 1.58. The van der Waals surface area contributed by atoms with Crippen LogP contribution < -0.4 is 0 Å². The first-order valence-corrected chi connectivity index (χ1v) is 6.05. The first kappa shape index (κ1) is 13.0. The molecule has 1 rings (SSSR count). The van der Waals surface area contributed by atoms with Crippen molar-refractivity contribution in [1.82, 2.24) is 4.90 Å². The Labute approximate surface area is 102 Å². The lowest BCUT2D eigenvalue weighted by Gasteiger charge is -2.22. The van der Waals surface area contributed by atoms with Crippen molar-refractivity contribution in [2.75, 3.05) is 13.1 Å². The zero-order valence-corrected chi connectivity index (χ0v) is 10.6. The molecule has 0 spiro atoms. The Morgan fingerprint density at radius 3 is 2.50 bits per heavy atom. The topological polar surface area (TPSA) is 20.3 Å². The van der Waals surface area contributed by atoms with Gasteiger partial charge in [-0.1, -0.05) is 30.3 Å². The van der Waals surface area contributed by atoms with E-state index in [9.17, 15) is 4.79 Å². The number of rotatable bonds is 5. The van der Waals surface area contributed by atoms with Gasteiger partial charge in [0.25, 0.3) is 0 Å². The number of halogens is 1. The molecule has 0 fully saturated rings. The molecule has 0 heterocycles. The van der Waals surface area contributed by atoms with Crippen LogP contribution in [0.4, 0.5) is 0 Å². The van der Waals surface area contributed by atoms with Gasteiger partial charge in [0.05, 0.1) is 0 Å². The van der Waals surface area contributed by atoms with Crippen LogP contribution in [0.15, 0.2) is 30.3 Å². The first-order chi connectivity index (χ1) is 7.65. The van der Waals surface area contributed by atoms with Crippen LogP contribution in [0.2, 0.25) is 0 Å². The van der Waals surface area contributed by atoms with Crippen molar-refractivity contribution < 1.29 is 4.79 Å². The van der Waals surface area contributed by atoms with E-state index in [4.69, 9.17) is 11.6 Å². The second-order valence-corrected chi connectivity index (χ2v) is 4.42. The maximum Gasteiger partial charge on any atom is 0.240 e. The SMILES string of the molecule is CCN(CCc1ccccc1)C(=O)C(C)Cl. The lowest BCUT2D eigenvalue weighted by Crippen LogP contribution is -2.37. The highest BCUT2D eigenvalue weighted by Crippen LogP contribution is 2.05. The van der Waals surface area contributed by atoms with E-state index < -0.39 is 5.38 Å². The van der Waals surface area contributed by atoms with Crippen molar-refractivity contribution in [3.63, 3.8) is 0 Å². The summed E-state index contributed by atoms with van der Waals surface area (Å²) >= 11 is 5.79. The number of nitrogens with zero attached hydrogens (tertiary/aromatic N) is 1. The molecule has 0 N–H and O–H groups in total. The van der Waals surface area contributed by atoms with Crippen LogP contribution in [0.5, 0.6) is 0 Å². The molecular formula is C13H18ClNO. The van der Waals surface area contributed by atoms with Crippen LogP contribution in [0.3, 0.4) is 0 Å². The molecular weight excluding hydrogens is 222 g/mol. The number of alkyl halides is 1. The van der Waals surface area contributed by atoms with Crippen molar-refractivity contribution in [2.24, 2.45) is 0 Å². The second kappa shape index (κ2) is 6.54. The summed E-state index contributed by atoms with van der Waals surface area (Å²) in [5, 5.41) is -0.435. The van der Waals surface area contributed by atoms with Gasteiger partial charge < -0.3 is 4.90 Å². The van der Waals surface area contributed by atoms with Crippen molar-refractivity contribution in [2.45, 2.75) is 25.6 Å². The van der Waals surface area contributed by atoms with Crippen molar-refractivity contribution in [1.29, 1.82) is 0 Å². The van der Waals surface area contributed by atoms with Crippen LogP contribution in [-0.2, 0) is 11.2 Å². The molecule has 88 valence electrons. The average Bonchev–Trinajstić information content (AvgIpc) is 2.30. The largest absolute Gasteiger partial charge is 0.341 e. The van der Waals surface area contributed by atoms with Crippen LogP contribution in [-0.4, -0.2) is 29.3 Å². The molecule has 0 aromatic heterocycles. The third-order valence-electron chi connectivity index (χ3n) is 2.55. The highest BCUT2D eigenvalue weighted by atomic mass is 35.5. The summed E-state index contributed by atoms with van der Waals surface area (Å²) in [4.78, 5) is 13.5. The molecule has 0 radical (unpaired) electrons. The van der Waals surface area contributed by atoms with Crippen LogP contribution >= 0.6 is 11.6 Å². The quantitative estimate of drug-likeness (QED) is 0.724. The molecule has 1 amide bonds. The van der Waals surface area contributed by atoms with Crippen LogP contribution in [0.1, 0.15) is 19.4 Å². The molecule has 1 atom stereocenters. The summed E-state index contributed by atoms with van der Waals surface area (Å²) < 4.78 is 0. The Bertz CT molecular complexity index is 324. The fraction of sp³-hybridized carbons (Fsp3) is 0.462. The van der Waals surface area contributed by atoms with Gasteiger partial charge in [-0.2, -0.15) is 0 Å². The Hall–Kier alpha value is -1.02. The van der Waals surface area contributed by atoms with E-state index in [1.807, 2.05) is 25.1 Å². The van der Waals surface area contributed by atoms with E-state index in [1.165, 1.54) is 5.56 Å². The minimum absolute atomic E-state index is 0.0140. The van der Waals surface area contributed by atoms with Gasteiger partial charge in [0, 0.05) is 13.1 Å². The summed E-state index contributed by atoms with van der Waals surface area (Å²) in [6.07, 6.45) is 0.879. The lowest BCUT2D eigenvalue weighted by atomic mass is 10.1. The van der Waals surface area contributed by atoms with Crippen molar-refractivity contribution in [3.8, 4) is 0 Å². The number of benzene rings is 1. The van der Waals surface area contributed by atoms with Gasteiger partial charge in [0.1, 0.15) is 5.38 Å². The number of hydrogen-bond donors (Lipinski definition) is 0. The van der Waals surface area contributed by atoms with Crippen molar-refractivity contribution in [3.05, 3.63) is 35.9 Å². The van der Waals surface area contributed by atoms with Gasteiger partial charge in [0.2, 0.25) is 5.91 Å². The molecule has 0 aliphatic rings. The van der Waals surface area contributed by atoms with Crippen LogP contribution in [0, 0.1) is 0 Å². The third-order valence-corrected chi connectivity index (χ3v) is 2.73. The van der Waals surface area contributed by atoms with Gasteiger partial charge in [0.15, 0.2) is 0 Å². The third kappa shape index (κ3) is 3.86. The van der Waals surface area contributed by atoms with E-state index in [0.717, 1.165) is 13.0 Å². The molecule has 2 nitrogen and oxygen atoms in total. The minimum Gasteiger partial charge on any atom is -0.341 e. The Balaban J connectivity index is 2.49. The minimum atomic E-state index is -0.435. The monoisotopic (exact) mass is 239 g/mol. The number of carbonyl (C=O) groups excluding carboxylic acids is 1. The number of carbonyl (C=O) groups is 1. The molecule has 0 saturated heterocycles. The predicted octanol–water partition coefficient (Wildman–Crippen LogP) is 2.70. The lowest BCUT2D eigenvalue weighted by molar-refractivity contribution is -0.130. The van der Waals surface area contributed by atoms with Crippen molar-refractivity contribution >= 4 is 17.5 Å². The molecule has 0 aliphatic carbocycles. The number of amides is 1. The molecule has 1 aromatic rings. The highest BCUT2D eigenvalue weighted by Gasteiger charge is 2.16. The normalized spacial score (nSPS) is 12.2. The number of likely N-dealkylation sites (N-methyl/N-ethyl adjacent to an activating group) is 1. The molecule has 0 aliphatic heterocycles. The summed E-state index contributed by atoms with van der Waals surface area (Å²) in [6.45, 7) is 5.14. The summed E-state index contributed by atoms with van der Waals surface area (Å²) in [5.74, 6) is 0.0140. The van der Waals surface area contributed by atoms with Gasteiger partial charge in [-0.05, 0) is 25.8 Å². The van der Waals surface area contributed by atoms with E-state index in [1.54, 1.807) is 11.8 Å². The molecule has 16 heavy (non-hydrogen) atoms. The predicted molar refractivity (Wildman–Crippen MR) is 67.7 cm³/mol. The molecule has 1 unspecified atom stereocenters. The zero-order chi connectivity index (χ0) is 12.0. The zero-order valence-electron chi connectivity index (χ0n) is 9.82. The number of hydrogen-bond acceptors (Lipinski definition) is 1. The van der Waals surface area contributed by atoms with E-state index >= 15 is 0 Å². The smallest absolute Gasteiger partial charge is 0.240 e. The maximum atomic E-state index is 11.7. The summed E-state index contributed by atoms with van der Waals surface area (Å²) in [6, 6.07) is 10.2. The van der Waals surface area contributed by atoms with Gasteiger partial charge in [-0.15, -0.1) is 11.6 Å². The Morgan fingerprint density at radius 1 is 1.38 bits per heavy atom. The standard InChI is InChI=1S/C13H18ClNO/c1-3-15(13(16)11(2)14)10-9-12-7-5-4-6-8-12/h4-8,11H,3,9-10H2,1-2H3. The van der Waals surface area contributed by atoms with Gasteiger partial charge >= 0.3 is 0 Å². The first-order valence-electron chi connectivity index (χ1n) is 5.62. The highest BCUT2D eigenvalue weighted by molar-refractivity contribution is 6.30. The Kier molecular flexibility index (Phi) is 5.33. The molecule has 3 heteroatoms.